The van der Waals surface area contributed by atoms with Crippen molar-refractivity contribution >= 4 is 40.3 Å². The molecule has 0 radical (unpaired) electrons. The first-order valence-electron chi connectivity index (χ1n) is 5.89. The van der Waals surface area contributed by atoms with Gasteiger partial charge in [0.15, 0.2) is 6.33 Å². The number of carbonyl (C=O) groups excluding carboxylic acids is 1. The summed E-state index contributed by atoms with van der Waals surface area (Å²) in [5, 5.41) is 17.6. The summed E-state index contributed by atoms with van der Waals surface area (Å²) in [6.07, 6.45) is 1.67. The minimum absolute atomic E-state index is 0.0361. The Hall–Kier alpha value is -2.17. The lowest BCUT2D eigenvalue weighted by Crippen LogP contribution is -2.31. The maximum Gasteiger partial charge on any atom is 0.337 e. The van der Waals surface area contributed by atoms with Crippen molar-refractivity contribution in [2.75, 3.05) is 11.9 Å². The molecule has 21 heavy (non-hydrogen) atoms. The number of nitrogens with one attached hydrogen (secondary N) is 2. The van der Waals surface area contributed by atoms with Gasteiger partial charge in [-0.3, -0.25) is 0 Å². The topological polar surface area (TPSA) is 117 Å². The number of carboxylic acid groups (broad SMARTS) is 1. The SMILES string of the molecule is O=C(NCCc1ncno1)Nc1ccc(I)cc1C(=O)O. The summed E-state index contributed by atoms with van der Waals surface area (Å²) in [6, 6.07) is 4.24. The van der Waals surface area contributed by atoms with E-state index in [2.05, 4.69) is 20.8 Å². The van der Waals surface area contributed by atoms with Crippen LogP contribution in [-0.4, -0.2) is 33.8 Å². The van der Waals surface area contributed by atoms with Crippen molar-refractivity contribution in [1.82, 2.24) is 15.5 Å². The van der Waals surface area contributed by atoms with Crippen LogP contribution in [0.2, 0.25) is 0 Å². The Balaban J connectivity index is 1.92. The molecule has 0 fully saturated rings. The zero-order valence-corrected chi connectivity index (χ0v) is 12.8. The number of rotatable bonds is 5. The van der Waals surface area contributed by atoms with Gasteiger partial charge >= 0.3 is 12.0 Å². The van der Waals surface area contributed by atoms with E-state index in [4.69, 9.17) is 9.63 Å². The standard InChI is InChI=1S/C12H11IN4O4/c13-7-1-2-9(8(5-7)11(18)19)17-12(20)14-4-3-10-15-6-16-21-10/h1-2,5-6H,3-4H2,(H,18,19)(H2,14,17,20). The molecule has 2 rings (SSSR count). The number of aromatic carboxylic acids is 1. The molecule has 2 aromatic rings. The fraction of sp³-hybridized carbons (Fsp3) is 0.167. The molecule has 0 saturated heterocycles. The Kier molecular flexibility index (Phi) is 5.09. The summed E-state index contributed by atoms with van der Waals surface area (Å²) in [4.78, 5) is 26.7. The van der Waals surface area contributed by atoms with Crippen molar-refractivity contribution in [2.24, 2.45) is 0 Å². The van der Waals surface area contributed by atoms with Crippen LogP contribution in [-0.2, 0) is 6.42 Å². The van der Waals surface area contributed by atoms with Gasteiger partial charge in [0.1, 0.15) is 0 Å². The lowest BCUT2D eigenvalue weighted by Gasteiger charge is -2.09. The Morgan fingerprint density at radius 1 is 1.38 bits per heavy atom. The van der Waals surface area contributed by atoms with Gasteiger partial charge in [-0.25, -0.2) is 9.59 Å². The van der Waals surface area contributed by atoms with Gasteiger partial charge in [0.25, 0.3) is 0 Å². The van der Waals surface area contributed by atoms with Crippen LogP contribution in [0, 0.1) is 3.57 Å². The minimum atomic E-state index is -1.10. The fourth-order valence-electron chi connectivity index (χ4n) is 1.56. The molecule has 0 spiro atoms. The molecule has 0 aliphatic carbocycles. The molecule has 9 heteroatoms. The first kappa shape index (κ1) is 15.2. The first-order chi connectivity index (χ1) is 10.1. The van der Waals surface area contributed by atoms with E-state index in [9.17, 15) is 9.59 Å². The molecule has 0 aliphatic rings. The number of urea groups is 1. The number of carbonyl (C=O) groups is 2. The second kappa shape index (κ2) is 7.02. The van der Waals surface area contributed by atoms with Crippen molar-refractivity contribution < 1.29 is 19.2 Å². The van der Waals surface area contributed by atoms with E-state index in [0.29, 0.717) is 18.9 Å². The van der Waals surface area contributed by atoms with Crippen molar-refractivity contribution in [3.63, 3.8) is 0 Å². The Bertz CT molecular complexity index is 645. The lowest BCUT2D eigenvalue weighted by molar-refractivity contribution is 0.0698. The molecule has 3 N–H and O–H groups in total. The molecular formula is C12H11IN4O4. The summed E-state index contributed by atoms with van der Waals surface area (Å²) < 4.78 is 5.56. The number of carboxylic acids is 1. The number of anilines is 1. The lowest BCUT2D eigenvalue weighted by atomic mass is 10.2. The van der Waals surface area contributed by atoms with E-state index in [1.54, 1.807) is 12.1 Å². The summed E-state index contributed by atoms with van der Waals surface area (Å²) in [5.41, 5.74) is 0.271. The molecule has 0 bridgehead atoms. The quantitative estimate of drug-likeness (QED) is 0.656. The highest BCUT2D eigenvalue weighted by Gasteiger charge is 2.13. The number of aromatic nitrogens is 2. The molecule has 0 atom stereocenters. The zero-order chi connectivity index (χ0) is 15.2. The van der Waals surface area contributed by atoms with Crippen LogP contribution in [0.25, 0.3) is 0 Å². The van der Waals surface area contributed by atoms with Crippen LogP contribution < -0.4 is 10.6 Å². The molecule has 110 valence electrons. The van der Waals surface area contributed by atoms with E-state index in [1.807, 2.05) is 22.6 Å². The molecule has 0 aliphatic heterocycles. The van der Waals surface area contributed by atoms with Gasteiger partial charge < -0.3 is 20.3 Å². The second-order valence-electron chi connectivity index (χ2n) is 3.96. The number of halogens is 1. The predicted octanol–water partition coefficient (Wildman–Crippen LogP) is 1.74. The van der Waals surface area contributed by atoms with E-state index in [1.165, 1.54) is 12.4 Å². The summed E-state index contributed by atoms with van der Waals surface area (Å²) in [7, 11) is 0. The van der Waals surface area contributed by atoms with Crippen molar-refractivity contribution in [2.45, 2.75) is 6.42 Å². The van der Waals surface area contributed by atoms with Gasteiger partial charge in [-0.15, -0.1) is 0 Å². The third-order valence-electron chi connectivity index (χ3n) is 2.49. The van der Waals surface area contributed by atoms with Crippen LogP contribution in [0.1, 0.15) is 16.2 Å². The van der Waals surface area contributed by atoms with Crippen LogP contribution >= 0.6 is 22.6 Å². The van der Waals surface area contributed by atoms with Crippen molar-refractivity contribution in [1.29, 1.82) is 0 Å². The molecule has 0 unspecified atom stereocenters. The van der Waals surface area contributed by atoms with Crippen molar-refractivity contribution in [3.05, 3.63) is 39.6 Å². The normalized spacial score (nSPS) is 10.1. The second-order valence-corrected chi connectivity index (χ2v) is 5.21. The van der Waals surface area contributed by atoms with Gasteiger partial charge in [0, 0.05) is 16.5 Å². The van der Waals surface area contributed by atoms with E-state index >= 15 is 0 Å². The highest BCUT2D eigenvalue weighted by atomic mass is 127. The third-order valence-corrected chi connectivity index (χ3v) is 3.16. The van der Waals surface area contributed by atoms with Crippen LogP contribution in [0.3, 0.4) is 0 Å². The van der Waals surface area contributed by atoms with E-state index in [0.717, 1.165) is 3.57 Å². The number of hydrogen-bond donors (Lipinski definition) is 3. The fourth-order valence-corrected chi connectivity index (χ4v) is 2.05. The van der Waals surface area contributed by atoms with Gasteiger partial charge in [0.05, 0.1) is 11.3 Å². The summed E-state index contributed by atoms with van der Waals surface area (Å²) in [5.74, 6) is -0.689. The molecule has 8 nitrogen and oxygen atoms in total. The molecule has 1 aromatic carbocycles. The Morgan fingerprint density at radius 3 is 2.86 bits per heavy atom. The smallest absolute Gasteiger partial charge is 0.337 e. The van der Waals surface area contributed by atoms with Gasteiger partial charge in [-0.2, -0.15) is 4.98 Å². The average molecular weight is 402 g/mol. The number of nitrogens with zero attached hydrogens (tertiary/aromatic N) is 2. The molecule has 1 aromatic heterocycles. The van der Waals surface area contributed by atoms with Crippen LogP contribution in [0.5, 0.6) is 0 Å². The van der Waals surface area contributed by atoms with Gasteiger partial charge in [-0.1, -0.05) is 5.16 Å². The molecule has 2 amide bonds. The van der Waals surface area contributed by atoms with Crippen LogP contribution in [0.4, 0.5) is 10.5 Å². The predicted molar refractivity (Wildman–Crippen MR) is 81.1 cm³/mol. The molecule has 0 saturated carbocycles. The number of benzene rings is 1. The molecular weight excluding hydrogens is 391 g/mol. The Labute approximate surface area is 133 Å². The maximum atomic E-state index is 11.7. The monoisotopic (exact) mass is 402 g/mol. The van der Waals surface area contributed by atoms with Crippen molar-refractivity contribution in [3.8, 4) is 0 Å². The maximum absolute atomic E-state index is 11.7. The van der Waals surface area contributed by atoms with Crippen LogP contribution in [0.15, 0.2) is 29.0 Å². The average Bonchev–Trinajstić information content (AvgIpc) is 2.94. The van der Waals surface area contributed by atoms with Gasteiger partial charge in [-0.05, 0) is 40.8 Å². The summed E-state index contributed by atoms with van der Waals surface area (Å²) in [6.45, 7) is 0.292. The first-order valence-corrected chi connectivity index (χ1v) is 6.97. The summed E-state index contributed by atoms with van der Waals surface area (Å²) >= 11 is 2.00. The largest absolute Gasteiger partial charge is 0.478 e. The van der Waals surface area contributed by atoms with Gasteiger partial charge in [0.2, 0.25) is 5.89 Å². The minimum Gasteiger partial charge on any atom is -0.478 e. The number of hydrogen-bond acceptors (Lipinski definition) is 5. The third kappa shape index (κ3) is 4.41. The molecule has 1 heterocycles. The van der Waals surface area contributed by atoms with E-state index < -0.39 is 12.0 Å². The van der Waals surface area contributed by atoms with E-state index in [-0.39, 0.29) is 11.3 Å². The number of amides is 2. The highest BCUT2D eigenvalue weighted by molar-refractivity contribution is 14.1. The highest BCUT2D eigenvalue weighted by Crippen LogP contribution is 2.18. The Morgan fingerprint density at radius 2 is 2.19 bits per heavy atom. The zero-order valence-electron chi connectivity index (χ0n) is 10.7.